The topological polar surface area (TPSA) is 49.3 Å². The van der Waals surface area contributed by atoms with Gasteiger partial charge in [-0.2, -0.15) is 0 Å². The van der Waals surface area contributed by atoms with E-state index in [2.05, 4.69) is 5.32 Å². The van der Waals surface area contributed by atoms with Crippen LogP contribution in [0, 0.1) is 0 Å². The van der Waals surface area contributed by atoms with Gasteiger partial charge in [-0.3, -0.25) is 4.79 Å². The van der Waals surface area contributed by atoms with Gasteiger partial charge in [0.1, 0.15) is 6.10 Å². The van der Waals surface area contributed by atoms with E-state index in [4.69, 9.17) is 0 Å². The Morgan fingerprint density at radius 2 is 1.84 bits per heavy atom. The van der Waals surface area contributed by atoms with Gasteiger partial charge in [-0.15, -0.1) is 0 Å². The molecule has 0 saturated carbocycles. The van der Waals surface area contributed by atoms with Crippen LogP contribution in [0.5, 0.6) is 0 Å². The number of hydrogen-bond donors (Lipinski definition) is 2. The highest BCUT2D eigenvalue weighted by Crippen LogP contribution is 2.35. The number of hydrogen-bond acceptors (Lipinski definition) is 2. The van der Waals surface area contributed by atoms with Gasteiger partial charge in [0.2, 0.25) is 5.91 Å². The number of nitrogens with one attached hydrogen (secondary N) is 1. The Morgan fingerprint density at radius 3 is 2.58 bits per heavy atom. The van der Waals surface area contributed by atoms with Gasteiger partial charge in [-0.05, 0) is 35.7 Å². The molecule has 1 aliphatic heterocycles. The van der Waals surface area contributed by atoms with E-state index in [0.29, 0.717) is 0 Å². The van der Waals surface area contributed by atoms with Gasteiger partial charge < -0.3 is 10.4 Å². The number of rotatable bonds is 2. The molecular weight excluding hydrogens is 238 g/mol. The van der Waals surface area contributed by atoms with Gasteiger partial charge >= 0.3 is 0 Å². The van der Waals surface area contributed by atoms with E-state index in [9.17, 15) is 9.90 Å². The maximum absolute atomic E-state index is 11.6. The third kappa shape index (κ3) is 2.02. The highest BCUT2D eigenvalue weighted by Gasteiger charge is 2.27. The van der Waals surface area contributed by atoms with Crippen LogP contribution in [0.1, 0.15) is 35.6 Å². The van der Waals surface area contributed by atoms with E-state index >= 15 is 0 Å². The van der Waals surface area contributed by atoms with Gasteiger partial charge in [0, 0.05) is 5.69 Å². The predicted molar refractivity (Wildman–Crippen MR) is 74.0 cm³/mol. The molecule has 0 aromatic heterocycles. The lowest BCUT2D eigenvalue weighted by Crippen LogP contribution is -2.08. The normalized spacial score (nSPS) is 18.8. The number of benzene rings is 2. The third-order valence-electron chi connectivity index (χ3n) is 3.62. The lowest BCUT2D eigenvalue weighted by atomic mass is 9.95. The van der Waals surface area contributed by atoms with E-state index in [-0.39, 0.29) is 11.8 Å². The predicted octanol–water partition coefficient (Wildman–Crippen LogP) is 2.82. The summed E-state index contributed by atoms with van der Waals surface area (Å²) in [5, 5.41) is 13.2. The van der Waals surface area contributed by atoms with Crippen molar-refractivity contribution in [2.45, 2.75) is 18.9 Å². The first-order valence-electron chi connectivity index (χ1n) is 6.34. The van der Waals surface area contributed by atoms with Gasteiger partial charge in [-0.25, -0.2) is 0 Å². The monoisotopic (exact) mass is 253 g/mol. The average Bonchev–Trinajstić information content (AvgIpc) is 2.74. The number of amides is 1. The van der Waals surface area contributed by atoms with Gasteiger partial charge in [0.05, 0.1) is 5.92 Å². The van der Waals surface area contributed by atoms with Crippen LogP contribution in [0.3, 0.4) is 0 Å². The second kappa shape index (κ2) is 4.52. The molecule has 3 heteroatoms. The molecule has 2 N–H and O–H groups in total. The number of carbonyl (C=O) groups is 1. The minimum atomic E-state index is -0.658. The minimum absolute atomic E-state index is 0.0151. The summed E-state index contributed by atoms with van der Waals surface area (Å²) in [6, 6.07) is 15.1. The first-order valence-corrected chi connectivity index (χ1v) is 6.34. The molecule has 0 aliphatic carbocycles. The summed E-state index contributed by atoms with van der Waals surface area (Å²) in [7, 11) is 0. The van der Waals surface area contributed by atoms with Crippen LogP contribution in [0.15, 0.2) is 48.5 Å². The number of carbonyl (C=O) groups excluding carboxylic acids is 1. The fourth-order valence-electron chi connectivity index (χ4n) is 2.43. The van der Waals surface area contributed by atoms with Gasteiger partial charge in [0.25, 0.3) is 0 Å². The average molecular weight is 253 g/mol. The maximum atomic E-state index is 11.6. The molecule has 3 rings (SSSR count). The number of aliphatic hydroxyl groups excluding tert-OH is 1. The zero-order valence-electron chi connectivity index (χ0n) is 10.6. The Labute approximate surface area is 111 Å². The third-order valence-corrected chi connectivity index (χ3v) is 3.62. The minimum Gasteiger partial charge on any atom is -0.384 e. The van der Waals surface area contributed by atoms with Crippen LogP contribution >= 0.6 is 0 Å². The highest BCUT2D eigenvalue weighted by molar-refractivity contribution is 6.02. The molecule has 96 valence electrons. The summed E-state index contributed by atoms with van der Waals surface area (Å²) in [6.07, 6.45) is -0.658. The highest BCUT2D eigenvalue weighted by atomic mass is 16.3. The molecule has 0 spiro atoms. The second-order valence-corrected chi connectivity index (χ2v) is 4.87. The fourth-order valence-corrected chi connectivity index (χ4v) is 2.43. The van der Waals surface area contributed by atoms with Crippen LogP contribution in [0.4, 0.5) is 5.69 Å². The molecule has 1 heterocycles. The van der Waals surface area contributed by atoms with Crippen LogP contribution in [0.25, 0.3) is 0 Å². The van der Waals surface area contributed by atoms with E-state index < -0.39 is 6.10 Å². The lowest BCUT2D eigenvalue weighted by molar-refractivity contribution is -0.116. The van der Waals surface area contributed by atoms with Crippen molar-refractivity contribution in [3.8, 4) is 0 Å². The van der Waals surface area contributed by atoms with Crippen LogP contribution in [-0.4, -0.2) is 11.0 Å². The van der Waals surface area contributed by atoms with Crippen molar-refractivity contribution in [2.75, 3.05) is 5.32 Å². The SMILES string of the molecule is CC1C(=O)Nc2ccc(C(O)c3ccccc3)cc21. The Kier molecular flexibility index (Phi) is 2.84. The molecular formula is C16H15NO2. The molecule has 0 saturated heterocycles. The van der Waals surface area contributed by atoms with E-state index in [0.717, 1.165) is 22.4 Å². The molecule has 3 nitrogen and oxygen atoms in total. The first kappa shape index (κ1) is 11.9. The van der Waals surface area contributed by atoms with Crippen molar-refractivity contribution in [1.82, 2.24) is 0 Å². The van der Waals surface area contributed by atoms with Crippen LogP contribution in [0.2, 0.25) is 0 Å². The largest absolute Gasteiger partial charge is 0.384 e. The summed E-state index contributed by atoms with van der Waals surface area (Å²) in [5.74, 6) is -0.140. The second-order valence-electron chi connectivity index (χ2n) is 4.87. The molecule has 2 unspecified atom stereocenters. The summed E-state index contributed by atoms with van der Waals surface area (Å²) in [6.45, 7) is 1.87. The molecule has 19 heavy (non-hydrogen) atoms. The Bertz CT molecular complexity index is 622. The van der Waals surface area contributed by atoms with Crippen molar-refractivity contribution in [3.63, 3.8) is 0 Å². The summed E-state index contributed by atoms with van der Waals surface area (Å²) in [5.41, 5.74) is 3.47. The zero-order chi connectivity index (χ0) is 13.4. The van der Waals surface area contributed by atoms with Crippen LogP contribution in [-0.2, 0) is 4.79 Å². The molecule has 1 amide bonds. The Hall–Kier alpha value is -2.13. The van der Waals surface area contributed by atoms with Crippen molar-refractivity contribution in [3.05, 3.63) is 65.2 Å². The summed E-state index contributed by atoms with van der Waals surface area (Å²) < 4.78 is 0. The summed E-state index contributed by atoms with van der Waals surface area (Å²) in [4.78, 5) is 11.6. The number of anilines is 1. The molecule has 2 atom stereocenters. The summed E-state index contributed by atoms with van der Waals surface area (Å²) >= 11 is 0. The van der Waals surface area contributed by atoms with E-state index in [1.54, 1.807) is 0 Å². The Morgan fingerprint density at radius 1 is 1.11 bits per heavy atom. The molecule has 0 radical (unpaired) electrons. The molecule has 2 aromatic rings. The lowest BCUT2D eigenvalue weighted by Gasteiger charge is -2.13. The Balaban J connectivity index is 1.98. The number of fused-ring (bicyclic) bond motifs is 1. The zero-order valence-corrected chi connectivity index (χ0v) is 10.6. The van der Waals surface area contributed by atoms with Crippen molar-refractivity contribution >= 4 is 11.6 Å². The maximum Gasteiger partial charge on any atom is 0.231 e. The van der Waals surface area contributed by atoms with Crippen LogP contribution < -0.4 is 5.32 Å². The van der Waals surface area contributed by atoms with Crippen molar-refractivity contribution in [1.29, 1.82) is 0 Å². The van der Waals surface area contributed by atoms with E-state index in [1.807, 2.05) is 55.5 Å². The van der Waals surface area contributed by atoms with E-state index in [1.165, 1.54) is 0 Å². The molecule has 0 bridgehead atoms. The van der Waals surface area contributed by atoms with Gasteiger partial charge in [-0.1, -0.05) is 36.4 Å². The fraction of sp³-hybridized carbons (Fsp3) is 0.188. The smallest absolute Gasteiger partial charge is 0.231 e. The quantitative estimate of drug-likeness (QED) is 0.864. The molecule has 1 aliphatic rings. The number of aliphatic hydroxyl groups is 1. The first-order chi connectivity index (χ1) is 9.16. The van der Waals surface area contributed by atoms with Crippen molar-refractivity contribution < 1.29 is 9.90 Å². The van der Waals surface area contributed by atoms with Gasteiger partial charge in [0.15, 0.2) is 0 Å². The van der Waals surface area contributed by atoms with Crippen molar-refractivity contribution in [2.24, 2.45) is 0 Å². The molecule has 2 aromatic carbocycles. The standard InChI is InChI=1S/C16H15NO2/c1-10-13-9-12(7-8-14(13)17-16(10)19)15(18)11-5-3-2-4-6-11/h2-10,15,18H,1H3,(H,17,19). The molecule has 0 fully saturated rings.